The molecular formula is C14H20N2O3. The highest BCUT2D eigenvalue weighted by molar-refractivity contribution is 5.80. The molecule has 0 aliphatic carbocycles. The lowest BCUT2D eigenvalue weighted by Crippen LogP contribution is -2.30. The van der Waals surface area contributed by atoms with E-state index in [1.54, 1.807) is 13.2 Å². The molecule has 1 heterocycles. The molecule has 1 saturated heterocycles. The van der Waals surface area contributed by atoms with E-state index in [1.807, 2.05) is 24.8 Å². The van der Waals surface area contributed by atoms with Gasteiger partial charge in [-0.25, -0.2) is 0 Å². The molecule has 1 aliphatic heterocycles. The number of hydrogen-bond acceptors (Lipinski definition) is 4. The summed E-state index contributed by atoms with van der Waals surface area (Å²) >= 11 is 0. The number of amides is 1. The summed E-state index contributed by atoms with van der Waals surface area (Å²) in [5.41, 5.74) is 2.87. The van der Waals surface area contributed by atoms with Gasteiger partial charge in [-0.05, 0) is 37.1 Å². The number of rotatable bonds is 4. The molecule has 1 aromatic carbocycles. The van der Waals surface area contributed by atoms with Crippen LogP contribution in [0.25, 0.3) is 0 Å². The summed E-state index contributed by atoms with van der Waals surface area (Å²) in [4.78, 5) is 13.6. The highest BCUT2D eigenvalue weighted by Crippen LogP contribution is 2.31. The Morgan fingerprint density at radius 3 is 2.79 bits per heavy atom. The molecule has 0 saturated carbocycles. The quantitative estimate of drug-likeness (QED) is 0.854. The van der Waals surface area contributed by atoms with Crippen LogP contribution in [-0.2, 0) is 9.53 Å². The van der Waals surface area contributed by atoms with E-state index < -0.39 is 0 Å². The number of carbonyl (C=O) groups is 1. The van der Waals surface area contributed by atoms with Crippen LogP contribution >= 0.6 is 0 Å². The zero-order valence-electron chi connectivity index (χ0n) is 11.6. The first-order valence-corrected chi connectivity index (χ1v) is 6.35. The van der Waals surface area contributed by atoms with Crippen LogP contribution in [0.4, 0.5) is 0 Å². The molecule has 2 rings (SSSR count). The van der Waals surface area contributed by atoms with Gasteiger partial charge in [0.2, 0.25) is 5.91 Å². The van der Waals surface area contributed by atoms with E-state index >= 15 is 0 Å². The van der Waals surface area contributed by atoms with Gasteiger partial charge in [0.15, 0.2) is 0 Å². The zero-order chi connectivity index (χ0) is 14.0. The highest BCUT2D eigenvalue weighted by atomic mass is 16.5. The van der Waals surface area contributed by atoms with E-state index in [0.29, 0.717) is 19.7 Å². The van der Waals surface area contributed by atoms with E-state index in [-0.39, 0.29) is 17.8 Å². The summed E-state index contributed by atoms with van der Waals surface area (Å²) in [5.74, 6) is 0.191. The predicted octanol–water partition coefficient (Wildman–Crippen LogP) is 1.09. The van der Waals surface area contributed by atoms with Crippen LogP contribution in [0.2, 0.25) is 0 Å². The van der Waals surface area contributed by atoms with Gasteiger partial charge in [0.05, 0.1) is 13.2 Å². The molecule has 0 unspecified atom stereocenters. The van der Waals surface area contributed by atoms with Crippen LogP contribution in [-0.4, -0.2) is 42.7 Å². The van der Waals surface area contributed by atoms with Crippen molar-refractivity contribution in [3.8, 4) is 5.75 Å². The maximum atomic E-state index is 11.6. The highest BCUT2D eigenvalue weighted by Gasteiger charge is 2.32. The third-order valence-electron chi connectivity index (χ3n) is 3.53. The number of aromatic hydroxyl groups is 1. The van der Waals surface area contributed by atoms with Crippen LogP contribution in [0.3, 0.4) is 0 Å². The largest absolute Gasteiger partial charge is 0.508 e. The molecule has 1 fully saturated rings. The van der Waals surface area contributed by atoms with Crippen LogP contribution in [0.15, 0.2) is 12.1 Å². The first-order chi connectivity index (χ1) is 9.02. The molecule has 0 aromatic heterocycles. The number of nitrogens with one attached hydrogen (secondary N) is 1. The number of aryl methyl sites for hydroxylation is 2. The van der Waals surface area contributed by atoms with Crippen LogP contribution < -0.4 is 5.32 Å². The van der Waals surface area contributed by atoms with Gasteiger partial charge < -0.3 is 15.2 Å². The van der Waals surface area contributed by atoms with Gasteiger partial charge in [-0.1, -0.05) is 0 Å². The third-order valence-corrected chi connectivity index (χ3v) is 3.53. The van der Waals surface area contributed by atoms with Crippen LogP contribution in [0, 0.1) is 13.8 Å². The molecule has 19 heavy (non-hydrogen) atoms. The molecule has 1 aromatic rings. The summed E-state index contributed by atoms with van der Waals surface area (Å²) in [6, 6.07) is 3.67. The predicted molar refractivity (Wildman–Crippen MR) is 71.9 cm³/mol. The minimum atomic E-state index is -0.276. The lowest BCUT2D eigenvalue weighted by atomic mass is 10.0. The van der Waals surface area contributed by atoms with Crippen molar-refractivity contribution < 1.29 is 14.6 Å². The maximum Gasteiger partial charge on any atom is 0.235 e. The van der Waals surface area contributed by atoms with Crippen molar-refractivity contribution in [1.29, 1.82) is 0 Å². The second-order valence-corrected chi connectivity index (χ2v) is 4.93. The number of hydrogen-bond donors (Lipinski definition) is 2. The van der Waals surface area contributed by atoms with Gasteiger partial charge in [0, 0.05) is 19.2 Å². The summed E-state index contributed by atoms with van der Waals surface area (Å²) < 4.78 is 5.05. The molecule has 1 amide bonds. The Morgan fingerprint density at radius 1 is 1.42 bits per heavy atom. The van der Waals surface area contributed by atoms with Crippen molar-refractivity contribution in [3.05, 3.63) is 28.8 Å². The van der Waals surface area contributed by atoms with Gasteiger partial charge in [-0.3, -0.25) is 9.69 Å². The number of carbonyl (C=O) groups excluding carboxylic acids is 1. The topological polar surface area (TPSA) is 61.8 Å². The molecular weight excluding hydrogens is 244 g/mol. The summed E-state index contributed by atoms with van der Waals surface area (Å²) in [6.07, 6.45) is -0.276. The minimum absolute atomic E-state index is 0.0290. The summed E-state index contributed by atoms with van der Waals surface area (Å²) in [7, 11) is 1.63. The Hall–Kier alpha value is -1.59. The zero-order valence-corrected chi connectivity index (χ0v) is 11.6. The number of phenols is 1. The molecule has 5 heteroatoms. The van der Waals surface area contributed by atoms with Crippen molar-refractivity contribution in [2.75, 3.05) is 26.8 Å². The average molecular weight is 264 g/mol. The Kier molecular flexibility index (Phi) is 4.07. The second kappa shape index (κ2) is 5.59. The maximum absolute atomic E-state index is 11.6. The second-order valence-electron chi connectivity index (χ2n) is 4.93. The number of nitrogens with zero attached hydrogens (tertiary/aromatic N) is 1. The van der Waals surface area contributed by atoms with Gasteiger partial charge in [0.1, 0.15) is 11.9 Å². The summed E-state index contributed by atoms with van der Waals surface area (Å²) in [5, 5.41) is 13.0. The minimum Gasteiger partial charge on any atom is -0.508 e. The first-order valence-electron chi connectivity index (χ1n) is 6.35. The third kappa shape index (κ3) is 2.88. The smallest absolute Gasteiger partial charge is 0.235 e. The van der Waals surface area contributed by atoms with Gasteiger partial charge in [0.25, 0.3) is 0 Å². The van der Waals surface area contributed by atoms with Crippen molar-refractivity contribution in [2.45, 2.75) is 20.0 Å². The average Bonchev–Trinajstić information content (AvgIpc) is 2.72. The van der Waals surface area contributed by atoms with Crippen molar-refractivity contribution >= 4 is 5.91 Å². The van der Waals surface area contributed by atoms with E-state index in [2.05, 4.69) is 5.32 Å². The van der Waals surface area contributed by atoms with Crippen LogP contribution in [0.1, 0.15) is 22.9 Å². The van der Waals surface area contributed by atoms with E-state index in [0.717, 1.165) is 16.7 Å². The van der Waals surface area contributed by atoms with Crippen molar-refractivity contribution in [2.24, 2.45) is 0 Å². The van der Waals surface area contributed by atoms with E-state index in [9.17, 15) is 9.90 Å². The number of methoxy groups -OCH3 is 1. The molecule has 0 radical (unpaired) electrons. The van der Waals surface area contributed by atoms with Gasteiger partial charge in [-0.15, -0.1) is 0 Å². The van der Waals surface area contributed by atoms with E-state index in [1.165, 1.54) is 0 Å². The fraction of sp³-hybridized carbons (Fsp3) is 0.500. The number of phenolic OH excluding ortho intramolecular Hbond substituents is 1. The monoisotopic (exact) mass is 264 g/mol. The van der Waals surface area contributed by atoms with E-state index in [4.69, 9.17) is 4.74 Å². The molecule has 1 aliphatic rings. The molecule has 2 N–H and O–H groups in total. The van der Waals surface area contributed by atoms with Crippen LogP contribution in [0.5, 0.6) is 5.75 Å². The fourth-order valence-electron chi connectivity index (χ4n) is 2.30. The Bertz CT molecular complexity index is 488. The lowest BCUT2D eigenvalue weighted by Gasteiger charge is -2.24. The van der Waals surface area contributed by atoms with Crippen molar-refractivity contribution in [3.63, 3.8) is 0 Å². The molecule has 104 valence electrons. The Morgan fingerprint density at radius 2 is 2.11 bits per heavy atom. The fourth-order valence-corrected chi connectivity index (χ4v) is 2.30. The van der Waals surface area contributed by atoms with Crippen molar-refractivity contribution in [1.82, 2.24) is 10.2 Å². The first kappa shape index (κ1) is 13.8. The lowest BCUT2D eigenvalue weighted by molar-refractivity contribution is -0.118. The SMILES string of the molecule is COCCN1CC(=O)N[C@H]1c1cc(C)c(C)cc1O. The molecule has 1 atom stereocenters. The summed E-state index contributed by atoms with van der Waals surface area (Å²) in [6.45, 7) is 5.48. The number of benzene rings is 1. The molecule has 5 nitrogen and oxygen atoms in total. The van der Waals surface area contributed by atoms with Gasteiger partial charge >= 0.3 is 0 Å². The Labute approximate surface area is 113 Å². The standard InChI is InChI=1S/C14H20N2O3/c1-9-6-11(12(17)7-10(9)2)14-15-13(18)8-16(14)4-5-19-3/h6-7,14,17H,4-5,8H2,1-3H3,(H,15,18)/t14-/m1/s1. The molecule has 0 bridgehead atoms. The Balaban J connectivity index is 2.28. The van der Waals surface area contributed by atoms with Gasteiger partial charge in [-0.2, -0.15) is 0 Å². The number of ether oxygens (including phenoxy) is 1. The molecule has 0 spiro atoms. The normalized spacial score (nSPS) is 19.7.